The largest absolute Gasteiger partial charge is 0.480 e. The van der Waals surface area contributed by atoms with Crippen molar-refractivity contribution in [3.63, 3.8) is 0 Å². The Labute approximate surface area is 221 Å². The molecule has 0 aromatic heterocycles. The summed E-state index contributed by atoms with van der Waals surface area (Å²) in [5.74, 6) is -2.52. The summed E-state index contributed by atoms with van der Waals surface area (Å²) < 4.78 is 4.65. The number of esters is 1. The van der Waals surface area contributed by atoms with Crippen LogP contribution in [0.3, 0.4) is 0 Å². The van der Waals surface area contributed by atoms with Crippen molar-refractivity contribution in [3.8, 4) is 0 Å². The van der Waals surface area contributed by atoms with Crippen molar-refractivity contribution < 1.29 is 29.0 Å². The summed E-state index contributed by atoms with van der Waals surface area (Å²) in [6.45, 7) is 2.34. The van der Waals surface area contributed by atoms with Gasteiger partial charge in [0.25, 0.3) is 5.91 Å². The SMILES string of the molecule is CCCCCCCCCCCCCCN[C@@H](CNC(=O)c1ccc(C(=O)OC)cc1)C(=O)NCC(=O)O. The van der Waals surface area contributed by atoms with Gasteiger partial charge in [0.15, 0.2) is 0 Å². The predicted molar refractivity (Wildman–Crippen MR) is 144 cm³/mol. The number of unbranched alkanes of at least 4 members (excludes halogenated alkanes) is 11. The van der Waals surface area contributed by atoms with Crippen LogP contribution in [0.4, 0.5) is 0 Å². The van der Waals surface area contributed by atoms with Gasteiger partial charge in [0, 0.05) is 12.1 Å². The van der Waals surface area contributed by atoms with Gasteiger partial charge >= 0.3 is 11.9 Å². The molecule has 208 valence electrons. The van der Waals surface area contributed by atoms with Gasteiger partial charge in [-0.2, -0.15) is 0 Å². The number of hydrogen-bond acceptors (Lipinski definition) is 6. The maximum Gasteiger partial charge on any atom is 0.337 e. The van der Waals surface area contributed by atoms with E-state index in [1.54, 1.807) is 0 Å². The summed E-state index contributed by atoms with van der Waals surface area (Å²) in [6, 6.07) is 5.22. The zero-order valence-corrected chi connectivity index (χ0v) is 22.5. The van der Waals surface area contributed by atoms with E-state index in [1.165, 1.54) is 89.2 Å². The third-order valence-corrected chi connectivity index (χ3v) is 6.19. The molecule has 0 spiro atoms. The monoisotopic (exact) mass is 519 g/mol. The molecule has 2 amide bonds. The van der Waals surface area contributed by atoms with E-state index in [2.05, 4.69) is 27.6 Å². The number of aliphatic carboxylic acids is 1. The number of rotatable bonds is 21. The van der Waals surface area contributed by atoms with Crippen molar-refractivity contribution in [3.05, 3.63) is 35.4 Å². The Hall–Kier alpha value is -2.94. The highest BCUT2D eigenvalue weighted by molar-refractivity contribution is 5.96. The third kappa shape index (κ3) is 15.0. The molecule has 1 aromatic carbocycles. The molecule has 0 saturated carbocycles. The molecule has 37 heavy (non-hydrogen) atoms. The van der Waals surface area contributed by atoms with E-state index in [1.807, 2.05) is 0 Å². The maximum atomic E-state index is 12.5. The Morgan fingerprint density at radius 1 is 0.784 bits per heavy atom. The number of carboxylic acid groups (broad SMARTS) is 1. The van der Waals surface area contributed by atoms with Crippen LogP contribution >= 0.6 is 0 Å². The number of nitrogens with one attached hydrogen (secondary N) is 3. The molecule has 0 heterocycles. The molecule has 1 rings (SSSR count). The number of ether oxygens (including phenoxy) is 1. The number of hydrogen-bond donors (Lipinski definition) is 4. The van der Waals surface area contributed by atoms with Crippen molar-refractivity contribution in [1.29, 1.82) is 0 Å². The van der Waals surface area contributed by atoms with E-state index in [0.29, 0.717) is 17.7 Å². The van der Waals surface area contributed by atoms with Gasteiger partial charge in [0.05, 0.1) is 12.7 Å². The van der Waals surface area contributed by atoms with Gasteiger partial charge in [-0.3, -0.25) is 14.4 Å². The minimum atomic E-state index is -1.14. The first-order chi connectivity index (χ1) is 17.9. The van der Waals surface area contributed by atoms with Gasteiger partial charge < -0.3 is 25.8 Å². The van der Waals surface area contributed by atoms with Crippen LogP contribution in [-0.4, -0.2) is 61.6 Å². The molecule has 9 nitrogen and oxygen atoms in total. The topological polar surface area (TPSA) is 134 Å². The van der Waals surface area contributed by atoms with Crippen LogP contribution in [0, 0.1) is 0 Å². The molecule has 9 heteroatoms. The second-order valence-electron chi connectivity index (χ2n) is 9.29. The fraction of sp³-hybridized carbons (Fsp3) is 0.643. The highest BCUT2D eigenvalue weighted by Gasteiger charge is 2.20. The van der Waals surface area contributed by atoms with Crippen molar-refractivity contribution in [2.45, 2.75) is 90.0 Å². The van der Waals surface area contributed by atoms with Crippen molar-refractivity contribution in [1.82, 2.24) is 16.0 Å². The molecule has 1 atom stereocenters. The molecule has 0 aliphatic rings. The lowest BCUT2D eigenvalue weighted by Crippen LogP contribution is -2.51. The summed E-state index contributed by atoms with van der Waals surface area (Å²) in [5, 5.41) is 17.1. The highest BCUT2D eigenvalue weighted by Crippen LogP contribution is 2.12. The van der Waals surface area contributed by atoms with Crippen LogP contribution in [0.1, 0.15) is 105 Å². The van der Waals surface area contributed by atoms with E-state index in [-0.39, 0.29) is 6.54 Å². The first kappa shape index (κ1) is 32.1. The summed E-state index contributed by atoms with van der Waals surface area (Å²) in [6.07, 6.45) is 14.8. The zero-order valence-electron chi connectivity index (χ0n) is 22.5. The van der Waals surface area contributed by atoms with Crippen LogP contribution in [-0.2, 0) is 14.3 Å². The lowest BCUT2D eigenvalue weighted by Gasteiger charge is -2.19. The summed E-state index contributed by atoms with van der Waals surface area (Å²) in [4.78, 5) is 47.3. The van der Waals surface area contributed by atoms with Crippen molar-refractivity contribution >= 4 is 23.8 Å². The average molecular weight is 520 g/mol. The molecule has 0 aliphatic heterocycles. The lowest BCUT2D eigenvalue weighted by molar-refractivity contribution is -0.138. The maximum absolute atomic E-state index is 12.5. The Kier molecular flexibility index (Phi) is 17.5. The quantitative estimate of drug-likeness (QED) is 0.142. The van der Waals surface area contributed by atoms with Crippen LogP contribution in [0.2, 0.25) is 0 Å². The molecule has 1 aromatic rings. The molecular weight excluding hydrogens is 474 g/mol. The standard InChI is InChI=1S/C28H45N3O6/c1-3-4-5-6-7-8-9-10-11-12-13-14-19-29-24(27(35)31-21-25(32)33)20-30-26(34)22-15-17-23(18-16-22)28(36)37-2/h15-18,24,29H,3-14,19-21H2,1-2H3,(H,30,34)(H,31,35)(H,32,33)/t24-/m0/s1. The molecule has 0 radical (unpaired) electrons. The van der Waals surface area contributed by atoms with Crippen LogP contribution in [0.5, 0.6) is 0 Å². The summed E-state index contributed by atoms with van der Waals surface area (Å²) in [7, 11) is 1.28. The zero-order chi connectivity index (χ0) is 27.3. The second-order valence-corrected chi connectivity index (χ2v) is 9.29. The number of amides is 2. The fourth-order valence-electron chi connectivity index (χ4n) is 3.96. The molecular formula is C28H45N3O6. The van der Waals surface area contributed by atoms with Gasteiger partial charge in [-0.1, -0.05) is 77.6 Å². The molecule has 0 saturated heterocycles. The number of carbonyl (C=O) groups is 4. The van der Waals surface area contributed by atoms with E-state index >= 15 is 0 Å². The molecule has 4 N–H and O–H groups in total. The first-order valence-electron chi connectivity index (χ1n) is 13.6. The molecule has 0 unspecified atom stereocenters. The molecule has 0 fully saturated rings. The van der Waals surface area contributed by atoms with Crippen LogP contribution in [0.25, 0.3) is 0 Å². The van der Waals surface area contributed by atoms with Gasteiger partial charge in [-0.15, -0.1) is 0 Å². The number of methoxy groups -OCH3 is 1. The minimum absolute atomic E-state index is 0.00128. The van der Waals surface area contributed by atoms with Gasteiger partial charge in [0.2, 0.25) is 5.91 Å². The van der Waals surface area contributed by atoms with Gasteiger partial charge in [-0.05, 0) is 37.2 Å². The molecule has 0 aliphatic carbocycles. The Morgan fingerprint density at radius 3 is 1.81 bits per heavy atom. The van der Waals surface area contributed by atoms with Crippen molar-refractivity contribution in [2.24, 2.45) is 0 Å². The highest BCUT2D eigenvalue weighted by atomic mass is 16.5. The second kappa shape index (κ2) is 20.2. The van der Waals surface area contributed by atoms with Gasteiger partial charge in [-0.25, -0.2) is 4.79 Å². The normalized spacial score (nSPS) is 11.5. The Balaban J connectivity index is 2.36. The average Bonchev–Trinajstić information content (AvgIpc) is 2.90. The van der Waals surface area contributed by atoms with Gasteiger partial charge in [0.1, 0.15) is 12.6 Å². The Morgan fingerprint density at radius 2 is 1.30 bits per heavy atom. The first-order valence-corrected chi connectivity index (χ1v) is 13.6. The number of carbonyl (C=O) groups excluding carboxylic acids is 3. The van der Waals surface area contributed by atoms with E-state index < -0.39 is 36.3 Å². The van der Waals surface area contributed by atoms with Crippen molar-refractivity contribution in [2.75, 3.05) is 26.7 Å². The van der Waals surface area contributed by atoms with E-state index in [9.17, 15) is 19.2 Å². The number of carboxylic acids is 1. The smallest absolute Gasteiger partial charge is 0.337 e. The Bertz CT molecular complexity index is 813. The fourth-order valence-corrected chi connectivity index (χ4v) is 3.96. The van der Waals surface area contributed by atoms with Crippen LogP contribution < -0.4 is 16.0 Å². The molecule has 0 bridgehead atoms. The predicted octanol–water partition coefficient (Wildman–Crippen LogP) is 4.06. The van der Waals surface area contributed by atoms with Crippen LogP contribution in [0.15, 0.2) is 24.3 Å². The minimum Gasteiger partial charge on any atom is -0.480 e. The third-order valence-electron chi connectivity index (χ3n) is 6.19. The van der Waals surface area contributed by atoms with E-state index in [4.69, 9.17) is 5.11 Å². The van der Waals surface area contributed by atoms with E-state index in [0.717, 1.165) is 19.3 Å². The summed E-state index contributed by atoms with van der Waals surface area (Å²) in [5.41, 5.74) is 0.660. The summed E-state index contributed by atoms with van der Waals surface area (Å²) >= 11 is 0. The lowest BCUT2D eigenvalue weighted by atomic mass is 10.1. The number of benzene rings is 1.